The van der Waals surface area contributed by atoms with Crippen LogP contribution < -0.4 is 10.6 Å². The van der Waals surface area contributed by atoms with Gasteiger partial charge in [0.2, 0.25) is 11.9 Å². The summed E-state index contributed by atoms with van der Waals surface area (Å²) in [5.41, 5.74) is 0. The molecule has 0 atom stereocenters. The standard InChI is InChI=1S/C6H10N6/c1-2-8-5(7-1)11-12-6-9-3-4-10-6/h1-4H2,(H,7,8)(H,9,10)/b12-11+. The molecule has 64 valence electrons. The van der Waals surface area contributed by atoms with Crippen molar-refractivity contribution in [1.82, 2.24) is 10.6 Å². The van der Waals surface area contributed by atoms with Crippen LogP contribution in [0.3, 0.4) is 0 Å². The monoisotopic (exact) mass is 166 g/mol. The molecule has 0 aliphatic carbocycles. The van der Waals surface area contributed by atoms with Crippen LogP contribution in [-0.4, -0.2) is 38.1 Å². The number of aliphatic imine (C=N–C) groups is 2. The van der Waals surface area contributed by atoms with Gasteiger partial charge < -0.3 is 10.6 Å². The minimum Gasteiger partial charge on any atom is -0.351 e. The van der Waals surface area contributed by atoms with E-state index < -0.39 is 0 Å². The molecule has 0 radical (unpaired) electrons. The molecule has 2 rings (SSSR count). The van der Waals surface area contributed by atoms with Gasteiger partial charge in [-0.15, -0.1) is 10.2 Å². The van der Waals surface area contributed by atoms with Crippen LogP contribution in [0.15, 0.2) is 20.2 Å². The fourth-order valence-corrected chi connectivity index (χ4v) is 0.999. The number of nitrogens with zero attached hydrogens (tertiary/aromatic N) is 4. The van der Waals surface area contributed by atoms with Gasteiger partial charge in [0.25, 0.3) is 0 Å². The number of hydrogen-bond donors (Lipinski definition) is 2. The normalized spacial score (nSPS) is 22.0. The number of azo groups is 1. The first-order chi connectivity index (χ1) is 5.95. The van der Waals surface area contributed by atoms with E-state index in [2.05, 4.69) is 30.8 Å². The van der Waals surface area contributed by atoms with E-state index in [9.17, 15) is 0 Å². The third kappa shape index (κ3) is 1.58. The summed E-state index contributed by atoms with van der Waals surface area (Å²) in [6.07, 6.45) is 0. The van der Waals surface area contributed by atoms with Crippen LogP contribution in [0.25, 0.3) is 0 Å². The first kappa shape index (κ1) is 7.20. The summed E-state index contributed by atoms with van der Waals surface area (Å²) in [7, 11) is 0. The molecular weight excluding hydrogens is 156 g/mol. The van der Waals surface area contributed by atoms with Crippen molar-refractivity contribution < 1.29 is 0 Å². The molecule has 0 aromatic rings. The second-order valence-electron chi connectivity index (χ2n) is 2.46. The molecule has 0 unspecified atom stereocenters. The first-order valence-electron chi connectivity index (χ1n) is 3.93. The van der Waals surface area contributed by atoms with Gasteiger partial charge in [0, 0.05) is 13.1 Å². The van der Waals surface area contributed by atoms with Crippen molar-refractivity contribution in [3.63, 3.8) is 0 Å². The lowest BCUT2D eigenvalue weighted by Gasteiger charge is -1.92. The molecule has 2 N–H and O–H groups in total. The highest BCUT2D eigenvalue weighted by atomic mass is 15.3. The minimum atomic E-state index is 0.603. The SMILES string of the molecule is C1CNC(/N=N/C2=NCCN2)=N1. The lowest BCUT2D eigenvalue weighted by molar-refractivity contribution is 0.946. The van der Waals surface area contributed by atoms with Gasteiger partial charge in [-0.25, -0.2) is 9.98 Å². The number of rotatable bonds is 0. The van der Waals surface area contributed by atoms with Gasteiger partial charge >= 0.3 is 0 Å². The minimum absolute atomic E-state index is 0.603. The Labute approximate surface area is 69.9 Å². The van der Waals surface area contributed by atoms with E-state index >= 15 is 0 Å². The van der Waals surface area contributed by atoms with E-state index in [4.69, 9.17) is 0 Å². The van der Waals surface area contributed by atoms with E-state index in [1.165, 1.54) is 0 Å². The number of hydrogen-bond acceptors (Lipinski definition) is 6. The first-order valence-corrected chi connectivity index (χ1v) is 3.93. The Morgan fingerprint density at radius 1 is 0.917 bits per heavy atom. The predicted octanol–water partition coefficient (Wildman–Crippen LogP) is -0.643. The van der Waals surface area contributed by atoms with E-state index in [1.807, 2.05) is 0 Å². The average molecular weight is 166 g/mol. The molecule has 2 aliphatic heterocycles. The molecule has 6 heteroatoms. The molecule has 2 aliphatic rings. The molecule has 6 nitrogen and oxygen atoms in total. The van der Waals surface area contributed by atoms with Gasteiger partial charge in [-0.1, -0.05) is 0 Å². The second kappa shape index (κ2) is 3.29. The Morgan fingerprint density at radius 2 is 1.42 bits per heavy atom. The van der Waals surface area contributed by atoms with E-state index in [0.29, 0.717) is 11.9 Å². The number of nitrogens with one attached hydrogen (secondary N) is 2. The highest BCUT2D eigenvalue weighted by Crippen LogP contribution is 1.91. The fraction of sp³-hybridized carbons (Fsp3) is 0.667. The smallest absolute Gasteiger partial charge is 0.238 e. The van der Waals surface area contributed by atoms with E-state index in [-0.39, 0.29) is 0 Å². The van der Waals surface area contributed by atoms with Crippen LogP contribution in [0.5, 0.6) is 0 Å². The zero-order valence-electron chi connectivity index (χ0n) is 6.62. The molecule has 0 spiro atoms. The third-order valence-corrected chi connectivity index (χ3v) is 1.55. The van der Waals surface area contributed by atoms with Gasteiger partial charge in [-0.05, 0) is 0 Å². The molecule has 0 bridgehead atoms. The maximum absolute atomic E-state index is 4.06. The molecule has 12 heavy (non-hydrogen) atoms. The molecule has 0 saturated heterocycles. The summed E-state index contributed by atoms with van der Waals surface area (Å²) in [6, 6.07) is 0. The number of guanidine groups is 2. The molecule has 0 aromatic heterocycles. The van der Waals surface area contributed by atoms with Crippen LogP contribution in [0.1, 0.15) is 0 Å². The van der Waals surface area contributed by atoms with Crippen LogP contribution in [-0.2, 0) is 0 Å². The Kier molecular flexibility index (Phi) is 1.98. The molecular formula is C6H10N6. The molecule has 0 amide bonds. The highest BCUT2D eigenvalue weighted by Gasteiger charge is 2.05. The molecule has 2 heterocycles. The summed E-state index contributed by atoms with van der Waals surface area (Å²) in [5.74, 6) is 1.21. The summed E-state index contributed by atoms with van der Waals surface area (Å²) in [5, 5.41) is 13.7. The van der Waals surface area contributed by atoms with Crippen LogP contribution in [0, 0.1) is 0 Å². The van der Waals surface area contributed by atoms with E-state index in [1.54, 1.807) is 0 Å². The summed E-state index contributed by atoms with van der Waals surface area (Å²) < 4.78 is 0. The van der Waals surface area contributed by atoms with Crippen molar-refractivity contribution in [3.05, 3.63) is 0 Å². The molecule has 0 fully saturated rings. The van der Waals surface area contributed by atoms with Crippen molar-refractivity contribution >= 4 is 11.9 Å². The Morgan fingerprint density at radius 3 is 1.75 bits per heavy atom. The van der Waals surface area contributed by atoms with Crippen LogP contribution >= 0.6 is 0 Å². The van der Waals surface area contributed by atoms with Crippen LogP contribution in [0.4, 0.5) is 0 Å². The topological polar surface area (TPSA) is 73.5 Å². The van der Waals surface area contributed by atoms with Gasteiger partial charge in [-0.2, -0.15) is 0 Å². The zero-order valence-corrected chi connectivity index (χ0v) is 6.62. The van der Waals surface area contributed by atoms with E-state index in [0.717, 1.165) is 26.2 Å². The van der Waals surface area contributed by atoms with Crippen molar-refractivity contribution in [3.8, 4) is 0 Å². The summed E-state index contributed by atoms with van der Waals surface area (Å²) in [6.45, 7) is 3.28. The largest absolute Gasteiger partial charge is 0.351 e. The predicted molar refractivity (Wildman–Crippen MR) is 45.5 cm³/mol. The lowest BCUT2D eigenvalue weighted by Crippen LogP contribution is -2.18. The van der Waals surface area contributed by atoms with Crippen molar-refractivity contribution in [2.24, 2.45) is 20.2 Å². The third-order valence-electron chi connectivity index (χ3n) is 1.55. The Balaban J connectivity index is 1.92. The van der Waals surface area contributed by atoms with Gasteiger partial charge in [0.15, 0.2) is 0 Å². The average Bonchev–Trinajstić information content (AvgIpc) is 2.74. The maximum Gasteiger partial charge on any atom is 0.238 e. The Bertz CT molecular complexity index is 227. The summed E-state index contributed by atoms with van der Waals surface area (Å²) >= 11 is 0. The second-order valence-corrected chi connectivity index (χ2v) is 2.46. The van der Waals surface area contributed by atoms with Gasteiger partial charge in [0.1, 0.15) is 0 Å². The highest BCUT2D eigenvalue weighted by molar-refractivity contribution is 5.86. The zero-order chi connectivity index (χ0) is 8.23. The van der Waals surface area contributed by atoms with Gasteiger partial charge in [0.05, 0.1) is 13.1 Å². The Hall–Kier alpha value is -1.46. The van der Waals surface area contributed by atoms with Crippen molar-refractivity contribution in [2.75, 3.05) is 26.2 Å². The molecule has 0 aromatic carbocycles. The van der Waals surface area contributed by atoms with Crippen LogP contribution in [0.2, 0.25) is 0 Å². The molecule has 0 saturated carbocycles. The van der Waals surface area contributed by atoms with Gasteiger partial charge in [-0.3, -0.25) is 0 Å². The fourth-order valence-electron chi connectivity index (χ4n) is 0.999. The van der Waals surface area contributed by atoms with Crippen molar-refractivity contribution in [1.29, 1.82) is 0 Å². The van der Waals surface area contributed by atoms with Crippen molar-refractivity contribution in [2.45, 2.75) is 0 Å². The summed E-state index contributed by atoms with van der Waals surface area (Å²) in [4.78, 5) is 8.12. The lowest BCUT2D eigenvalue weighted by atomic mass is 10.7. The quantitative estimate of drug-likeness (QED) is 0.469. The maximum atomic E-state index is 4.06.